The summed E-state index contributed by atoms with van der Waals surface area (Å²) in [5, 5.41) is 16.4. The molecule has 2 aliphatic heterocycles. The Morgan fingerprint density at radius 2 is 1.90 bits per heavy atom. The van der Waals surface area contributed by atoms with Crippen LogP contribution in [0.1, 0.15) is 68.3 Å². The van der Waals surface area contributed by atoms with Crippen LogP contribution >= 0.6 is 11.6 Å². The fourth-order valence-electron chi connectivity index (χ4n) is 5.89. The summed E-state index contributed by atoms with van der Waals surface area (Å²) < 4.78 is 3.70. The number of hydrogen-bond acceptors (Lipinski definition) is 6. The third kappa shape index (κ3) is 5.04. The topological polar surface area (TPSA) is 111 Å². The first-order valence-electron chi connectivity index (χ1n) is 14.1. The van der Waals surface area contributed by atoms with E-state index in [1.165, 1.54) is 0 Å². The predicted molar refractivity (Wildman–Crippen MR) is 154 cm³/mol. The highest BCUT2D eigenvalue weighted by molar-refractivity contribution is 6.30. The summed E-state index contributed by atoms with van der Waals surface area (Å²) in [6.07, 6.45) is 14.1. The predicted octanol–water partition coefficient (Wildman–Crippen LogP) is 5.38. The highest BCUT2D eigenvalue weighted by Crippen LogP contribution is 2.42. The molecule has 0 saturated heterocycles. The number of nitrogens with zero attached hydrogens (tertiary/aromatic N) is 7. The van der Waals surface area contributed by atoms with Gasteiger partial charge in [0.2, 0.25) is 11.8 Å². The molecule has 4 aromatic rings. The lowest BCUT2D eigenvalue weighted by atomic mass is 9.94. The van der Waals surface area contributed by atoms with E-state index in [4.69, 9.17) is 16.6 Å². The van der Waals surface area contributed by atoms with Crippen LogP contribution in [-0.4, -0.2) is 53.0 Å². The van der Waals surface area contributed by atoms with E-state index in [1.54, 1.807) is 35.5 Å². The minimum atomic E-state index is -0.211. The smallest absolute Gasteiger partial charge is 0.247 e. The van der Waals surface area contributed by atoms with Crippen LogP contribution in [0, 0.1) is 0 Å². The van der Waals surface area contributed by atoms with Crippen molar-refractivity contribution >= 4 is 34.7 Å². The van der Waals surface area contributed by atoms with Crippen molar-refractivity contribution in [2.24, 2.45) is 0 Å². The van der Waals surface area contributed by atoms with Gasteiger partial charge < -0.3 is 10.2 Å². The Morgan fingerprint density at radius 1 is 1.00 bits per heavy atom. The summed E-state index contributed by atoms with van der Waals surface area (Å²) in [7, 11) is 0. The molecule has 3 aliphatic rings. The number of amides is 2. The fraction of sp³-hybridized carbons (Fsp3) is 0.333. The lowest BCUT2D eigenvalue weighted by Crippen LogP contribution is -2.37. The molecule has 208 valence electrons. The van der Waals surface area contributed by atoms with Gasteiger partial charge in [-0.05, 0) is 68.0 Å². The molecule has 1 atom stereocenters. The maximum atomic E-state index is 13.8. The molecule has 3 aromatic heterocycles. The van der Waals surface area contributed by atoms with E-state index < -0.39 is 0 Å². The average molecular weight is 569 g/mol. The molecule has 11 heteroatoms. The number of carbonyl (C=O) groups is 2. The largest absolute Gasteiger partial charge is 0.330 e. The van der Waals surface area contributed by atoms with Crippen LogP contribution in [0.5, 0.6) is 0 Å². The van der Waals surface area contributed by atoms with Crippen molar-refractivity contribution in [3.05, 3.63) is 77.5 Å². The zero-order chi connectivity index (χ0) is 27.9. The van der Waals surface area contributed by atoms with Crippen LogP contribution in [0.3, 0.4) is 0 Å². The molecule has 2 amide bonds. The Balaban J connectivity index is 1.24. The number of rotatable bonds is 4. The minimum Gasteiger partial charge on any atom is -0.330 e. The minimum absolute atomic E-state index is 0.0145. The monoisotopic (exact) mass is 568 g/mol. The number of halogens is 1. The van der Waals surface area contributed by atoms with Gasteiger partial charge in [0, 0.05) is 41.4 Å². The van der Waals surface area contributed by atoms with Gasteiger partial charge in [0.15, 0.2) is 0 Å². The number of anilines is 1. The molecule has 1 N–H and O–H groups in total. The van der Waals surface area contributed by atoms with E-state index in [0.29, 0.717) is 30.5 Å². The summed E-state index contributed by atoms with van der Waals surface area (Å²) in [5.74, 6) is -0.0825. The Labute approximate surface area is 242 Å². The van der Waals surface area contributed by atoms with Crippen LogP contribution in [0.2, 0.25) is 5.02 Å². The standard InChI is InChI=1S/C30H29ClN8O2/c31-21-5-8-26(38-14-12-33-36-38)23(17-21)19-10-13-37(29(41)16-19)27-3-1-2-4-28(40)35-25-18-34-39(22-6-7-22)30(25)20-9-11-32-24(27)15-20/h5,8-9,11-12,14-18,22,27H,1-4,6-7,10,13H2,(H,35,40)/t27-/m0/s1. The van der Waals surface area contributed by atoms with Crippen molar-refractivity contribution in [2.45, 2.75) is 57.0 Å². The number of fused-ring (bicyclic) bond motifs is 4. The van der Waals surface area contributed by atoms with Gasteiger partial charge in [-0.25, -0.2) is 4.68 Å². The Kier molecular flexibility index (Phi) is 6.62. The van der Waals surface area contributed by atoms with Gasteiger partial charge in [-0.2, -0.15) is 5.10 Å². The van der Waals surface area contributed by atoms with Crippen molar-refractivity contribution in [1.82, 2.24) is 34.7 Å². The second-order valence-corrected chi connectivity index (χ2v) is 11.3. The van der Waals surface area contributed by atoms with E-state index >= 15 is 0 Å². The van der Waals surface area contributed by atoms with Crippen LogP contribution < -0.4 is 5.32 Å². The Hall–Kier alpha value is -4.31. The van der Waals surface area contributed by atoms with E-state index in [2.05, 4.69) is 26.8 Å². The molecular formula is C30H29ClN8O2. The van der Waals surface area contributed by atoms with Gasteiger partial charge in [-0.3, -0.25) is 19.3 Å². The quantitative estimate of drug-likeness (QED) is 0.354. The molecule has 1 aliphatic carbocycles. The molecule has 0 radical (unpaired) electrons. The Morgan fingerprint density at radius 3 is 2.71 bits per heavy atom. The summed E-state index contributed by atoms with van der Waals surface area (Å²) in [6, 6.07) is 9.73. The van der Waals surface area contributed by atoms with Crippen molar-refractivity contribution in [2.75, 3.05) is 11.9 Å². The molecule has 10 nitrogen and oxygen atoms in total. The van der Waals surface area contributed by atoms with Crippen molar-refractivity contribution in [1.29, 1.82) is 0 Å². The highest BCUT2D eigenvalue weighted by atomic mass is 35.5. The normalized spacial score (nSPS) is 19.6. The second kappa shape index (κ2) is 10.6. The van der Waals surface area contributed by atoms with Gasteiger partial charge in [-0.1, -0.05) is 23.2 Å². The van der Waals surface area contributed by atoms with E-state index in [0.717, 1.165) is 71.6 Å². The summed E-state index contributed by atoms with van der Waals surface area (Å²) in [5.41, 5.74) is 6.00. The van der Waals surface area contributed by atoms with Gasteiger partial charge in [-0.15, -0.1) is 5.10 Å². The first-order valence-corrected chi connectivity index (χ1v) is 14.4. The van der Waals surface area contributed by atoms with Crippen LogP contribution in [0.4, 0.5) is 5.69 Å². The number of pyridine rings is 1. The molecule has 1 fully saturated rings. The van der Waals surface area contributed by atoms with Crippen molar-refractivity contribution in [3.63, 3.8) is 0 Å². The second-order valence-electron chi connectivity index (χ2n) is 10.8. The summed E-state index contributed by atoms with van der Waals surface area (Å²) >= 11 is 6.37. The number of carbonyl (C=O) groups excluding carboxylic acids is 2. The maximum absolute atomic E-state index is 13.8. The van der Waals surface area contributed by atoms with Crippen molar-refractivity contribution < 1.29 is 9.59 Å². The van der Waals surface area contributed by atoms with E-state index in [-0.39, 0.29) is 17.9 Å². The van der Waals surface area contributed by atoms with Gasteiger partial charge in [0.05, 0.1) is 53.4 Å². The van der Waals surface area contributed by atoms with Gasteiger partial charge in [0.25, 0.3) is 0 Å². The molecular weight excluding hydrogens is 540 g/mol. The number of hydrogen-bond donors (Lipinski definition) is 1. The van der Waals surface area contributed by atoms with E-state index in [9.17, 15) is 9.59 Å². The highest BCUT2D eigenvalue weighted by Gasteiger charge is 2.32. The maximum Gasteiger partial charge on any atom is 0.247 e. The first-order chi connectivity index (χ1) is 20.0. The number of nitrogens with one attached hydrogen (secondary N) is 1. The first kappa shape index (κ1) is 25.6. The van der Waals surface area contributed by atoms with E-state index in [1.807, 2.05) is 33.8 Å². The number of aromatic nitrogens is 6. The van der Waals surface area contributed by atoms with Crippen LogP contribution in [0.25, 0.3) is 22.5 Å². The molecule has 0 unspecified atom stereocenters. The number of benzene rings is 1. The lowest BCUT2D eigenvalue weighted by molar-refractivity contribution is -0.129. The molecule has 5 heterocycles. The molecule has 1 saturated carbocycles. The lowest BCUT2D eigenvalue weighted by Gasteiger charge is -2.34. The average Bonchev–Trinajstić information content (AvgIpc) is 3.50. The zero-order valence-electron chi connectivity index (χ0n) is 22.4. The third-order valence-corrected chi connectivity index (χ3v) is 8.28. The zero-order valence-corrected chi connectivity index (χ0v) is 23.2. The molecule has 41 heavy (non-hydrogen) atoms. The Bertz CT molecular complexity index is 1660. The van der Waals surface area contributed by atoms with Crippen molar-refractivity contribution in [3.8, 4) is 16.9 Å². The molecule has 7 rings (SSSR count). The summed E-state index contributed by atoms with van der Waals surface area (Å²) in [4.78, 5) is 33.2. The summed E-state index contributed by atoms with van der Waals surface area (Å²) in [6.45, 7) is 0.538. The molecule has 1 aromatic carbocycles. The SMILES string of the molecule is O=C1CCCC[C@H](N2CCC(c3cc(Cl)ccc3-n3ccnn3)=CC2=O)c2cc(ccn2)-c2c(cnn2C2CC2)N1. The van der Waals surface area contributed by atoms with Gasteiger partial charge in [0.1, 0.15) is 0 Å². The molecule has 0 spiro atoms. The molecule has 2 bridgehead atoms. The van der Waals surface area contributed by atoms with Crippen LogP contribution in [-0.2, 0) is 9.59 Å². The van der Waals surface area contributed by atoms with Gasteiger partial charge >= 0.3 is 0 Å². The third-order valence-electron chi connectivity index (χ3n) is 8.04. The fourth-order valence-corrected chi connectivity index (χ4v) is 6.07. The van der Waals surface area contributed by atoms with Crippen LogP contribution in [0.15, 0.2) is 61.2 Å².